The predicted molar refractivity (Wildman–Crippen MR) is 126 cm³/mol. The van der Waals surface area contributed by atoms with Crippen LogP contribution in [0.5, 0.6) is 5.75 Å². The summed E-state index contributed by atoms with van der Waals surface area (Å²) in [5.74, 6) is 0.971. The molecule has 2 amide bonds. The zero-order valence-electron chi connectivity index (χ0n) is 18.6. The minimum absolute atomic E-state index is 0.0638. The largest absolute Gasteiger partial charge is 0.495 e. The third kappa shape index (κ3) is 5.88. The molecule has 168 valence electrons. The highest BCUT2D eigenvalue weighted by molar-refractivity contribution is 7.99. The molecule has 0 saturated carbocycles. The van der Waals surface area contributed by atoms with Crippen LogP contribution in [0.4, 0.5) is 11.4 Å². The minimum Gasteiger partial charge on any atom is -0.495 e. The van der Waals surface area contributed by atoms with Crippen molar-refractivity contribution in [2.45, 2.75) is 38.9 Å². The lowest BCUT2D eigenvalue weighted by Crippen LogP contribution is -2.18. The summed E-state index contributed by atoms with van der Waals surface area (Å²) >= 11 is 1.29. The molecule has 3 aromatic rings. The van der Waals surface area contributed by atoms with Crippen LogP contribution in [0, 0.1) is 13.8 Å². The van der Waals surface area contributed by atoms with Gasteiger partial charge in [-0.3, -0.25) is 9.59 Å². The maximum atomic E-state index is 12.5. The Morgan fingerprint density at radius 3 is 2.53 bits per heavy atom. The molecule has 1 aromatic heterocycles. The molecule has 2 aromatic carbocycles. The van der Waals surface area contributed by atoms with Gasteiger partial charge in [0.15, 0.2) is 5.16 Å². The van der Waals surface area contributed by atoms with E-state index < -0.39 is 0 Å². The molecule has 2 N–H and O–H groups in total. The van der Waals surface area contributed by atoms with Crippen LogP contribution in [0.2, 0.25) is 0 Å². The van der Waals surface area contributed by atoms with Crippen molar-refractivity contribution in [3.63, 3.8) is 0 Å². The fourth-order valence-electron chi connectivity index (χ4n) is 3.11. The molecular formula is C23H27N5O3S. The van der Waals surface area contributed by atoms with Crippen molar-refractivity contribution in [2.75, 3.05) is 23.5 Å². The molecule has 0 bridgehead atoms. The number of amides is 2. The van der Waals surface area contributed by atoms with E-state index in [1.165, 1.54) is 17.3 Å². The number of aromatic nitrogens is 3. The SMILES string of the molecule is CCn1c(CC(=O)Nc2ccccc2OC)nnc1SCC(=O)Nc1ccc(C)c(C)c1. The molecule has 32 heavy (non-hydrogen) atoms. The van der Waals surface area contributed by atoms with E-state index in [-0.39, 0.29) is 24.0 Å². The number of benzene rings is 2. The Balaban J connectivity index is 1.59. The number of carbonyl (C=O) groups is 2. The van der Waals surface area contributed by atoms with Gasteiger partial charge in [0.2, 0.25) is 11.8 Å². The van der Waals surface area contributed by atoms with E-state index in [1.54, 1.807) is 19.2 Å². The molecule has 0 spiro atoms. The van der Waals surface area contributed by atoms with Crippen LogP contribution >= 0.6 is 11.8 Å². The molecule has 0 radical (unpaired) electrons. The molecule has 0 aliphatic rings. The van der Waals surface area contributed by atoms with Gasteiger partial charge in [0.1, 0.15) is 11.6 Å². The van der Waals surface area contributed by atoms with Gasteiger partial charge in [-0.25, -0.2) is 0 Å². The normalized spacial score (nSPS) is 10.6. The molecular weight excluding hydrogens is 426 g/mol. The number of anilines is 2. The number of hydrogen-bond donors (Lipinski definition) is 2. The van der Waals surface area contributed by atoms with Gasteiger partial charge >= 0.3 is 0 Å². The van der Waals surface area contributed by atoms with Crippen LogP contribution in [0.3, 0.4) is 0 Å². The van der Waals surface area contributed by atoms with E-state index in [9.17, 15) is 9.59 Å². The first-order valence-electron chi connectivity index (χ1n) is 10.3. The summed E-state index contributed by atoms with van der Waals surface area (Å²) in [6.07, 6.45) is 0.0638. The summed E-state index contributed by atoms with van der Waals surface area (Å²) in [6.45, 7) is 6.58. The molecule has 1 heterocycles. The first-order chi connectivity index (χ1) is 15.4. The van der Waals surface area contributed by atoms with E-state index in [1.807, 2.05) is 55.7 Å². The van der Waals surface area contributed by atoms with E-state index in [0.29, 0.717) is 29.0 Å². The summed E-state index contributed by atoms with van der Waals surface area (Å²) < 4.78 is 7.11. The second kappa shape index (κ2) is 10.8. The molecule has 0 unspecified atom stereocenters. The summed E-state index contributed by atoms with van der Waals surface area (Å²) in [5.41, 5.74) is 3.66. The van der Waals surface area contributed by atoms with Crippen LogP contribution in [0.15, 0.2) is 47.6 Å². The topological polar surface area (TPSA) is 98.1 Å². The van der Waals surface area contributed by atoms with Crippen molar-refractivity contribution in [1.29, 1.82) is 0 Å². The average molecular weight is 454 g/mol. The number of rotatable bonds is 9. The number of hydrogen-bond acceptors (Lipinski definition) is 6. The second-order valence-electron chi connectivity index (χ2n) is 7.20. The quantitative estimate of drug-likeness (QED) is 0.478. The third-order valence-corrected chi connectivity index (χ3v) is 5.90. The van der Waals surface area contributed by atoms with Crippen LogP contribution in [-0.4, -0.2) is 39.4 Å². The Morgan fingerprint density at radius 2 is 1.81 bits per heavy atom. The van der Waals surface area contributed by atoms with E-state index in [4.69, 9.17) is 4.74 Å². The average Bonchev–Trinajstić information content (AvgIpc) is 3.16. The van der Waals surface area contributed by atoms with Crippen molar-refractivity contribution in [1.82, 2.24) is 14.8 Å². The van der Waals surface area contributed by atoms with Crippen molar-refractivity contribution in [3.8, 4) is 5.75 Å². The number of thioether (sulfide) groups is 1. The highest BCUT2D eigenvalue weighted by atomic mass is 32.2. The van der Waals surface area contributed by atoms with E-state index >= 15 is 0 Å². The van der Waals surface area contributed by atoms with Crippen LogP contribution in [0.25, 0.3) is 0 Å². The van der Waals surface area contributed by atoms with Gasteiger partial charge in [-0.2, -0.15) is 0 Å². The van der Waals surface area contributed by atoms with Crippen LogP contribution in [-0.2, 0) is 22.6 Å². The number of ether oxygens (including phenoxy) is 1. The fourth-order valence-corrected chi connectivity index (χ4v) is 3.93. The van der Waals surface area contributed by atoms with Crippen molar-refractivity contribution in [3.05, 3.63) is 59.4 Å². The van der Waals surface area contributed by atoms with Gasteiger partial charge in [-0.05, 0) is 56.2 Å². The molecule has 0 aliphatic heterocycles. The van der Waals surface area contributed by atoms with Gasteiger partial charge in [-0.1, -0.05) is 30.0 Å². The van der Waals surface area contributed by atoms with E-state index in [2.05, 4.69) is 20.8 Å². The van der Waals surface area contributed by atoms with Crippen molar-refractivity contribution in [2.24, 2.45) is 0 Å². The first-order valence-corrected chi connectivity index (χ1v) is 11.2. The predicted octanol–water partition coefficient (Wildman–Crippen LogP) is 3.84. The number of nitrogens with one attached hydrogen (secondary N) is 2. The van der Waals surface area contributed by atoms with Gasteiger partial charge in [0, 0.05) is 12.2 Å². The molecule has 3 rings (SSSR count). The second-order valence-corrected chi connectivity index (χ2v) is 8.15. The molecule has 0 atom stereocenters. The van der Waals surface area contributed by atoms with Gasteiger partial charge < -0.3 is 19.9 Å². The third-order valence-electron chi connectivity index (χ3n) is 4.93. The van der Waals surface area contributed by atoms with Gasteiger partial charge in [0.05, 0.1) is 25.0 Å². The molecule has 0 aliphatic carbocycles. The Morgan fingerprint density at radius 1 is 1.03 bits per heavy atom. The highest BCUT2D eigenvalue weighted by Crippen LogP contribution is 2.24. The molecule has 0 fully saturated rings. The number of aryl methyl sites for hydroxylation is 2. The lowest BCUT2D eigenvalue weighted by Gasteiger charge is -2.10. The molecule has 8 nitrogen and oxygen atoms in total. The van der Waals surface area contributed by atoms with Crippen LogP contribution in [0.1, 0.15) is 23.9 Å². The van der Waals surface area contributed by atoms with Crippen LogP contribution < -0.4 is 15.4 Å². The Labute approximate surface area is 191 Å². The van der Waals surface area contributed by atoms with Crippen molar-refractivity contribution >= 4 is 35.0 Å². The Bertz CT molecular complexity index is 1110. The number of para-hydroxylation sites is 2. The smallest absolute Gasteiger partial charge is 0.234 e. The summed E-state index contributed by atoms with van der Waals surface area (Å²) in [4.78, 5) is 24.9. The fraction of sp³-hybridized carbons (Fsp3) is 0.304. The Hall–Kier alpha value is -3.33. The number of nitrogens with zero attached hydrogens (tertiary/aromatic N) is 3. The lowest BCUT2D eigenvalue weighted by atomic mass is 10.1. The first kappa shape index (κ1) is 23.3. The minimum atomic E-state index is -0.222. The molecule has 0 saturated heterocycles. The monoisotopic (exact) mass is 453 g/mol. The maximum Gasteiger partial charge on any atom is 0.234 e. The van der Waals surface area contributed by atoms with Gasteiger partial charge in [0.25, 0.3) is 0 Å². The zero-order chi connectivity index (χ0) is 23.1. The molecule has 9 heteroatoms. The number of carbonyl (C=O) groups excluding carboxylic acids is 2. The Kier molecular flexibility index (Phi) is 7.88. The summed E-state index contributed by atoms with van der Waals surface area (Å²) in [5, 5.41) is 14.7. The summed E-state index contributed by atoms with van der Waals surface area (Å²) in [7, 11) is 1.55. The van der Waals surface area contributed by atoms with E-state index in [0.717, 1.165) is 11.3 Å². The zero-order valence-corrected chi connectivity index (χ0v) is 19.5. The summed E-state index contributed by atoms with van der Waals surface area (Å²) in [6, 6.07) is 13.0. The van der Waals surface area contributed by atoms with Crippen molar-refractivity contribution < 1.29 is 14.3 Å². The number of methoxy groups -OCH3 is 1. The standard InChI is InChI=1S/C23H27N5O3S/c1-5-28-20(13-21(29)25-18-8-6-7-9-19(18)31-4)26-27-23(28)32-14-22(30)24-17-11-10-15(2)16(3)12-17/h6-12H,5,13-14H2,1-4H3,(H,24,30)(H,25,29). The lowest BCUT2D eigenvalue weighted by molar-refractivity contribution is -0.116. The van der Waals surface area contributed by atoms with Gasteiger partial charge in [-0.15, -0.1) is 10.2 Å². The highest BCUT2D eigenvalue weighted by Gasteiger charge is 2.17. The maximum absolute atomic E-state index is 12.5.